The molecule has 10 heteroatoms. The molecule has 0 saturated heterocycles. The molecule has 1 heterocycles. The smallest absolute Gasteiger partial charge is 0.244 e. The number of hydrogen-bond donors (Lipinski definition) is 2. The van der Waals surface area contributed by atoms with Gasteiger partial charge in [-0.2, -0.15) is 5.26 Å². The molecule has 32 heavy (non-hydrogen) atoms. The van der Waals surface area contributed by atoms with Crippen LogP contribution in [0.3, 0.4) is 0 Å². The number of hydrogen-bond acceptors (Lipinski definition) is 8. The van der Waals surface area contributed by atoms with Gasteiger partial charge in [-0.05, 0) is 42.0 Å². The van der Waals surface area contributed by atoms with Gasteiger partial charge < -0.3 is 15.2 Å². The molecule has 0 atom stereocenters. The molecule has 2 aromatic carbocycles. The molecule has 1 aromatic heterocycles. The Hall–Kier alpha value is -3.52. The second-order valence-electron chi connectivity index (χ2n) is 6.73. The van der Waals surface area contributed by atoms with E-state index in [-0.39, 0.29) is 23.7 Å². The summed E-state index contributed by atoms with van der Waals surface area (Å²) in [6, 6.07) is 13.9. The van der Waals surface area contributed by atoms with Gasteiger partial charge in [0.25, 0.3) is 0 Å². The predicted octanol–water partition coefficient (Wildman–Crippen LogP) is 1.86. The van der Waals surface area contributed by atoms with Crippen molar-refractivity contribution in [1.82, 2.24) is 14.7 Å². The lowest BCUT2D eigenvalue weighted by atomic mass is 10.1. The first-order valence-corrected chi connectivity index (χ1v) is 11.2. The van der Waals surface area contributed by atoms with Gasteiger partial charge in [0.2, 0.25) is 10.0 Å². The summed E-state index contributed by atoms with van der Waals surface area (Å²) in [7, 11) is -0.810. The van der Waals surface area contributed by atoms with Crippen molar-refractivity contribution < 1.29 is 17.9 Å². The lowest BCUT2D eigenvalue weighted by Crippen LogP contribution is -2.29. The van der Waals surface area contributed by atoms with Crippen molar-refractivity contribution in [3.8, 4) is 28.8 Å². The van der Waals surface area contributed by atoms with Gasteiger partial charge in [0.1, 0.15) is 28.3 Å². The van der Waals surface area contributed by atoms with Crippen molar-refractivity contribution in [1.29, 1.82) is 5.26 Å². The number of ether oxygens (including phenoxy) is 2. The summed E-state index contributed by atoms with van der Waals surface area (Å²) in [5.41, 5.74) is 8.00. The number of aromatic nitrogens is 2. The molecule has 0 radical (unpaired) electrons. The first kappa shape index (κ1) is 23.1. The molecule has 0 saturated carbocycles. The maximum absolute atomic E-state index is 12.4. The Balaban J connectivity index is 1.88. The fourth-order valence-electron chi connectivity index (χ4n) is 3.10. The van der Waals surface area contributed by atoms with E-state index in [9.17, 15) is 13.7 Å². The molecule has 0 bridgehead atoms. The molecule has 0 amide bonds. The summed E-state index contributed by atoms with van der Waals surface area (Å²) < 4.78 is 37.8. The Morgan fingerprint density at radius 1 is 1.09 bits per heavy atom. The minimum absolute atomic E-state index is 0.0362. The van der Waals surface area contributed by atoms with Crippen LogP contribution in [0.1, 0.15) is 17.0 Å². The van der Waals surface area contributed by atoms with Gasteiger partial charge in [0.05, 0.1) is 25.5 Å². The predicted molar refractivity (Wildman–Crippen MR) is 119 cm³/mol. The summed E-state index contributed by atoms with van der Waals surface area (Å²) in [5, 5.41) is 9.32. The third-order valence-electron chi connectivity index (χ3n) is 4.64. The van der Waals surface area contributed by atoms with Gasteiger partial charge in [-0.3, -0.25) is 0 Å². The van der Waals surface area contributed by atoms with Crippen molar-refractivity contribution >= 4 is 10.0 Å². The zero-order valence-corrected chi connectivity index (χ0v) is 18.5. The van der Waals surface area contributed by atoms with E-state index in [4.69, 9.17) is 15.2 Å². The van der Waals surface area contributed by atoms with Gasteiger partial charge in [-0.1, -0.05) is 6.07 Å². The topological polar surface area (TPSA) is 140 Å². The van der Waals surface area contributed by atoms with Crippen molar-refractivity contribution in [2.45, 2.75) is 11.3 Å². The fraction of sp³-hybridized carbons (Fsp3) is 0.227. The van der Waals surface area contributed by atoms with Crippen LogP contribution in [0.25, 0.3) is 11.3 Å². The maximum Gasteiger partial charge on any atom is 0.244 e. The maximum atomic E-state index is 12.4. The SMILES string of the molecule is COc1ccc(-c2ccnc(Cc3ccc(S(=O)(=O)NCCN)c(OC)c3)n2)cc1C#N. The Labute approximate surface area is 186 Å². The third kappa shape index (κ3) is 5.20. The summed E-state index contributed by atoms with van der Waals surface area (Å²) >= 11 is 0. The molecule has 0 aliphatic carbocycles. The second-order valence-corrected chi connectivity index (χ2v) is 8.47. The summed E-state index contributed by atoms with van der Waals surface area (Å²) in [5.74, 6) is 1.25. The second kappa shape index (κ2) is 10.2. The van der Waals surface area contributed by atoms with Crippen molar-refractivity contribution in [2.24, 2.45) is 5.73 Å². The number of benzene rings is 2. The number of sulfonamides is 1. The van der Waals surface area contributed by atoms with Gasteiger partial charge in [-0.25, -0.2) is 23.1 Å². The third-order valence-corrected chi connectivity index (χ3v) is 6.14. The van der Waals surface area contributed by atoms with E-state index in [1.807, 2.05) is 6.07 Å². The van der Waals surface area contributed by atoms with Crippen molar-refractivity contribution in [3.05, 3.63) is 65.6 Å². The van der Waals surface area contributed by atoms with E-state index >= 15 is 0 Å². The van der Waals surface area contributed by atoms with E-state index in [0.29, 0.717) is 29.3 Å². The van der Waals surface area contributed by atoms with Gasteiger partial charge in [-0.15, -0.1) is 0 Å². The largest absolute Gasteiger partial charge is 0.495 e. The van der Waals surface area contributed by atoms with E-state index in [2.05, 4.69) is 20.8 Å². The lowest BCUT2D eigenvalue weighted by molar-refractivity contribution is 0.402. The molecule has 0 unspecified atom stereocenters. The zero-order chi connectivity index (χ0) is 23.1. The van der Waals surface area contributed by atoms with Crippen LogP contribution in [0.2, 0.25) is 0 Å². The van der Waals surface area contributed by atoms with Crippen molar-refractivity contribution in [2.75, 3.05) is 27.3 Å². The monoisotopic (exact) mass is 453 g/mol. The van der Waals surface area contributed by atoms with Crippen LogP contribution in [0.5, 0.6) is 11.5 Å². The number of nitriles is 1. The number of nitrogens with one attached hydrogen (secondary N) is 1. The summed E-state index contributed by atoms with van der Waals surface area (Å²) in [6.07, 6.45) is 2.00. The van der Waals surface area contributed by atoms with E-state index < -0.39 is 10.0 Å². The van der Waals surface area contributed by atoms with Crippen LogP contribution < -0.4 is 19.9 Å². The first-order valence-electron chi connectivity index (χ1n) is 9.69. The molecule has 166 valence electrons. The highest BCUT2D eigenvalue weighted by molar-refractivity contribution is 7.89. The molecule has 0 spiro atoms. The quantitative estimate of drug-likeness (QED) is 0.500. The molecule has 0 aliphatic rings. The van der Waals surface area contributed by atoms with Crippen LogP contribution in [0.15, 0.2) is 53.6 Å². The number of rotatable bonds is 9. The van der Waals surface area contributed by atoms with E-state index in [0.717, 1.165) is 11.1 Å². The average Bonchev–Trinajstić information content (AvgIpc) is 2.82. The van der Waals surface area contributed by atoms with Gasteiger partial charge in [0, 0.05) is 31.3 Å². The average molecular weight is 454 g/mol. The Morgan fingerprint density at radius 3 is 2.56 bits per heavy atom. The molecular weight excluding hydrogens is 430 g/mol. The molecule has 3 N–H and O–H groups in total. The van der Waals surface area contributed by atoms with Crippen LogP contribution in [0, 0.1) is 11.3 Å². The highest BCUT2D eigenvalue weighted by Gasteiger charge is 2.19. The standard InChI is InChI=1S/C22H23N5O4S/c1-30-19-5-4-16(13-17(19)14-24)18-7-9-25-22(27-18)12-15-3-6-21(20(11-15)31-2)32(28,29)26-10-8-23/h3-7,9,11,13,26H,8,10,12,23H2,1-2H3. The highest BCUT2D eigenvalue weighted by atomic mass is 32.2. The van der Waals surface area contributed by atoms with E-state index in [1.54, 1.807) is 36.5 Å². The molecule has 0 aliphatic heterocycles. The number of methoxy groups -OCH3 is 2. The minimum Gasteiger partial charge on any atom is -0.495 e. The van der Waals surface area contributed by atoms with Crippen molar-refractivity contribution in [3.63, 3.8) is 0 Å². The molecule has 9 nitrogen and oxygen atoms in total. The van der Waals surface area contributed by atoms with Gasteiger partial charge in [0.15, 0.2) is 0 Å². The fourth-order valence-corrected chi connectivity index (χ4v) is 4.29. The molecule has 3 aromatic rings. The lowest BCUT2D eigenvalue weighted by Gasteiger charge is -2.12. The highest BCUT2D eigenvalue weighted by Crippen LogP contribution is 2.27. The van der Waals surface area contributed by atoms with Crippen LogP contribution >= 0.6 is 0 Å². The number of nitrogens with two attached hydrogens (primary N) is 1. The minimum atomic E-state index is -3.73. The normalized spacial score (nSPS) is 11.1. The Morgan fingerprint density at radius 2 is 1.88 bits per heavy atom. The van der Waals surface area contributed by atoms with Gasteiger partial charge >= 0.3 is 0 Å². The Bertz CT molecular complexity index is 1260. The summed E-state index contributed by atoms with van der Waals surface area (Å²) in [6.45, 7) is 0.324. The Kier molecular flexibility index (Phi) is 7.37. The summed E-state index contributed by atoms with van der Waals surface area (Å²) in [4.78, 5) is 8.94. The van der Waals surface area contributed by atoms with Crippen LogP contribution in [0.4, 0.5) is 0 Å². The molecule has 0 fully saturated rings. The van der Waals surface area contributed by atoms with Crippen LogP contribution in [-0.2, 0) is 16.4 Å². The number of nitrogens with zero attached hydrogens (tertiary/aromatic N) is 3. The zero-order valence-electron chi connectivity index (χ0n) is 17.7. The van der Waals surface area contributed by atoms with Crippen LogP contribution in [-0.4, -0.2) is 45.7 Å². The molecule has 3 rings (SSSR count). The van der Waals surface area contributed by atoms with E-state index in [1.165, 1.54) is 20.3 Å². The molecular formula is C22H23N5O4S. The first-order chi connectivity index (χ1) is 15.4.